The second-order valence-electron chi connectivity index (χ2n) is 8.66. The summed E-state index contributed by atoms with van der Waals surface area (Å²) in [5, 5.41) is 0.957. The highest BCUT2D eigenvalue weighted by atomic mass is 35.5. The number of anilines is 1. The molecule has 0 radical (unpaired) electrons. The van der Waals surface area contributed by atoms with Gasteiger partial charge in [-0.05, 0) is 55.3 Å². The van der Waals surface area contributed by atoms with Crippen molar-refractivity contribution in [2.45, 2.75) is 26.2 Å². The second-order valence-corrected chi connectivity index (χ2v) is 9.07. The summed E-state index contributed by atoms with van der Waals surface area (Å²) in [6.45, 7) is 1.81. The maximum atomic E-state index is 13.6. The molecule has 5 rings (SSSR count). The van der Waals surface area contributed by atoms with Crippen molar-refractivity contribution < 1.29 is 23.5 Å². The maximum absolute atomic E-state index is 13.6. The monoisotopic (exact) mass is 507 g/mol. The second kappa shape index (κ2) is 9.28. The summed E-state index contributed by atoms with van der Waals surface area (Å²) in [6.07, 6.45) is 4.71. The van der Waals surface area contributed by atoms with Gasteiger partial charge in [0.05, 0.1) is 17.8 Å². The number of hydrogen-bond donors (Lipinski definition) is 0. The number of fused-ring (bicyclic) bond motifs is 1. The molecule has 0 bridgehead atoms. The van der Waals surface area contributed by atoms with Crippen molar-refractivity contribution in [1.29, 1.82) is 0 Å². The number of benzene rings is 2. The van der Waals surface area contributed by atoms with E-state index in [0.29, 0.717) is 47.7 Å². The van der Waals surface area contributed by atoms with Crippen LogP contribution in [0.1, 0.15) is 24.8 Å². The summed E-state index contributed by atoms with van der Waals surface area (Å²) in [7, 11) is 3.43. The summed E-state index contributed by atoms with van der Waals surface area (Å²) >= 11 is 6.26. The van der Waals surface area contributed by atoms with E-state index in [0.717, 1.165) is 16.5 Å². The fourth-order valence-corrected chi connectivity index (χ4v) is 4.80. The first kappa shape index (κ1) is 23.8. The van der Waals surface area contributed by atoms with E-state index in [1.165, 1.54) is 23.1 Å². The number of aryl methyl sites for hydroxylation is 2. The number of halogens is 2. The SMILES string of the molecule is COc1nccc2c(-c3cc(N4C(=O)CCCC4=O)c(C)cc3Oc3ccc(F)cc3Cl)cn(C)c12. The molecule has 4 aromatic rings. The molecule has 1 saturated heterocycles. The molecule has 9 heteroatoms. The van der Waals surface area contributed by atoms with Crippen LogP contribution < -0.4 is 14.4 Å². The average molecular weight is 508 g/mol. The molecular formula is C27H23ClFN3O4. The highest BCUT2D eigenvalue weighted by Gasteiger charge is 2.30. The van der Waals surface area contributed by atoms with E-state index in [1.54, 1.807) is 25.4 Å². The Morgan fingerprint density at radius 3 is 2.47 bits per heavy atom. The van der Waals surface area contributed by atoms with Gasteiger partial charge in [-0.15, -0.1) is 0 Å². The third-order valence-electron chi connectivity index (χ3n) is 6.27. The van der Waals surface area contributed by atoms with Gasteiger partial charge in [0.2, 0.25) is 17.7 Å². The van der Waals surface area contributed by atoms with Crippen LogP contribution in [0.3, 0.4) is 0 Å². The average Bonchev–Trinajstić information content (AvgIpc) is 3.18. The fraction of sp³-hybridized carbons (Fsp3) is 0.222. The number of methoxy groups -OCH3 is 1. The van der Waals surface area contributed by atoms with Gasteiger partial charge in [0.15, 0.2) is 0 Å². The zero-order valence-electron chi connectivity index (χ0n) is 20.0. The standard InChI is InChI=1S/C27H23ClFN3O4/c1-15-11-23(36-22-8-7-16(29)12-20(22)28)18(13-21(15)32-24(33)5-4-6-25(32)34)19-14-31(2)26-17(19)9-10-30-27(26)35-3/h7-14H,4-6H2,1-3H3. The smallest absolute Gasteiger partial charge is 0.238 e. The molecule has 0 atom stereocenters. The van der Waals surface area contributed by atoms with E-state index in [1.807, 2.05) is 30.8 Å². The molecule has 0 unspecified atom stereocenters. The topological polar surface area (TPSA) is 73.7 Å². The van der Waals surface area contributed by atoms with Crippen LogP contribution in [0.5, 0.6) is 17.4 Å². The number of piperidine rings is 1. The van der Waals surface area contributed by atoms with Gasteiger partial charge in [-0.2, -0.15) is 0 Å². The van der Waals surface area contributed by atoms with Crippen LogP contribution in [0.25, 0.3) is 22.0 Å². The Kier molecular flexibility index (Phi) is 6.14. The Hall–Kier alpha value is -3.91. The lowest BCUT2D eigenvalue weighted by atomic mass is 9.99. The first-order valence-electron chi connectivity index (χ1n) is 11.4. The van der Waals surface area contributed by atoms with Gasteiger partial charge in [-0.3, -0.25) is 14.5 Å². The molecule has 0 spiro atoms. The van der Waals surface area contributed by atoms with Crippen LogP contribution in [-0.2, 0) is 16.6 Å². The van der Waals surface area contributed by atoms with E-state index in [9.17, 15) is 14.0 Å². The zero-order chi connectivity index (χ0) is 25.6. The van der Waals surface area contributed by atoms with E-state index in [-0.39, 0.29) is 22.6 Å². The predicted molar refractivity (Wildman–Crippen MR) is 135 cm³/mol. The van der Waals surface area contributed by atoms with Crippen molar-refractivity contribution in [3.63, 3.8) is 0 Å². The highest BCUT2D eigenvalue weighted by molar-refractivity contribution is 6.32. The Balaban J connectivity index is 1.75. The largest absolute Gasteiger partial charge is 0.479 e. The molecule has 0 aliphatic carbocycles. The summed E-state index contributed by atoms with van der Waals surface area (Å²) in [5.74, 6) is 0.216. The molecule has 1 fully saturated rings. The molecule has 1 aliphatic rings. The van der Waals surface area contributed by atoms with E-state index in [4.69, 9.17) is 21.1 Å². The van der Waals surface area contributed by atoms with Crippen molar-refractivity contribution >= 4 is 40.0 Å². The maximum Gasteiger partial charge on any atom is 0.238 e. The Morgan fingerprint density at radius 1 is 1.03 bits per heavy atom. The van der Waals surface area contributed by atoms with Crippen LogP contribution in [0, 0.1) is 12.7 Å². The zero-order valence-corrected chi connectivity index (χ0v) is 20.7. The quantitative estimate of drug-likeness (QED) is 0.301. The number of aromatic nitrogens is 2. The Bertz CT molecular complexity index is 1520. The van der Waals surface area contributed by atoms with Crippen LogP contribution in [0.15, 0.2) is 48.8 Å². The third-order valence-corrected chi connectivity index (χ3v) is 6.57. The van der Waals surface area contributed by atoms with Gasteiger partial charge < -0.3 is 14.0 Å². The molecule has 7 nitrogen and oxygen atoms in total. The van der Waals surface area contributed by atoms with Gasteiger partial charge >= 0.3 is 0 Å². The van der Waals surface area contributed by atoms with Crippen molar-refractivity contribution in [3.8, 4) is 28.5 Å². The third kappa shape index (κ3) is 4.07. The normalized spacial score (nSPS) is 14.0. The number of carbonyl (C=O) groups is 2. The summed E-state index contributed by atoms with van der Waals surface area (Å²) in [6, 6.07) is 9.30. The highest BCUT2D eigenvalue weighted by Crippen LogP contribution is 2.44. The lowest BCUT2D eigenvalue weighted by Gasteiger charge is -2.27. The lowest BCUT2D eigenvalue weighted by Crippen LogP contribution is -2.40. The molecule has 0 saturated carbocycles. The van der Waals surface area contributed by atoms with Crippen LogP contribution >= 0.6 is 11.6 Å². The van der Waals surface area contributed by atoms with Gasteiger partial charge in [0, 0.05) is 48.8 Å². The minimum absolute atomic E-state index is 0.118. The van der Waals surface area contributed by atoms with Gasteiger partial charge in [0.25, 0.3) is 0 Å². The van der Waals surface area contributed by atoms with Gasteiger partial charge in [-0.1, -0.05) is 11.6 Å². The van der Waals surface area contributed by atoms with Crippen LogP contribution in [0.4, 0.5) is 10.1 Å². The van der Waals surface area contributed by atoms with Crippen molar-refractivity contribution in [2.24, 2.45) is 7.05 Å². The number of hydrogen-bond acceptors (Lipinski definition) is 5. The van der Waals surface area contributed by atoms with E-state index < -0.39 is 5.82 Å². The molecule has 2 amide bonds. The number of imide groups is 1. The molecule has 2 aromatic heterocycles. The molecule has 3 heterocycles. The molecule has 0 N–H and O–H groups in total. The molecule has 2 aromatic carbocycles. The predicted octanol–water partition coefficient (Wildman–Crippen LogP) is 6.19. The molecular weight excluding hydrogens is 485 g/mol. The van der Waals surface area contributed by atoms with Crippen molar-refractivity contribution in [1.82, 2.24) is 9.55 Å². The number of nitrogens with zero attached hydrogens (tertiary/aromatic N) is 3. The number of amides is 2. The van der Waals surface area contributed by atoms with E-state index in [2.05, 4.69) is 4.98 Å². The molecule has 184 valence electrons. The summed E-state index contributed by atoms with van der Waals surface area (Å²) < 4.78 is 27.2. The Morgan fingerprint density at radius 2 is 1.78 bits per heavy atom. The minimum Gasteiger partial charge on any atom is -0.479 e. The number of ether oxygens (including phenoxy) is 2. The molecule has 1 aliphatic heterocycles. The Labute approximate surface area is 212 Å². The molecule has 36 heavy (non-hydrogen) atoms. The number of carbonyl (C=O) groups excluding carboxylic acids is 2. The van der Waals surface area contributed by atoms with Gasteiger partial charge in [-0.25, -0.2) is 9.37 Å². The minimum atomic E-state index is -0.477. The van der Waals surface area contributed by atoms with Crippen molar-refractivity contribution in [2.75, 3.05) is 12.0 Å². The van der Waals surface area contributed by atoms with Crippen LogP contribution in [-0.4, -0.2) is 28.5 Å². The van der Waals surface area contributed by atoms with E-state index >= 15 is 0 Å². The lowest BCUT2D eigenvalue weighted by molar-refractivity contribution is -0.129. The first-order valence-corrected chi connectivity index (χ1v) is 11.8. The summed E-state index contributed by atoms with van der Waals surface area (Å²) in [5.41, 5.74) is 3.35. The number of pyridine rings is 1. The number of rotatable bonds is 5. The van der Waals surface area contributed by atoms with Gasteiger partial charge in [0.1, 0.15) is 22.8 Å². The fourth-order valence-electron chi connectivity index (χ4n) is 4.59. The first-order chi connectivity index (χ1) is 17.3. The summed E-state index contributed by atoms with van der Waals surface area (Å²) in [4.78, 5) is 31.1. The van der Waals surface area contributed by atoms with Crippen LogP contribution in [0.2, 0.25) is 5.02 Å². The van der Waals surface area contributed by atoms with Crippen molar-refractivity contribution in [3.05, 3.63) is 65.2 Å².